The van der Waals surface area contributed by atoms with Crippen LogP contribution in [-0.2, 0) is 9.53 Å². The second-order valence-corrected chi connectivity index (χ2v) is 3.82. The minimum atomic E-state index is 0.0287. The highest BCUT2D eigenvalue weighted by Gasteiger charge is 2.22. The van der Waals surface area contributed by atoms with Gasteiger partial charge in [0.25, 0.3) is 0 Å². The molecule has 1 saturated carbocycles. The van der Waals surface area contributed by atoms with Crippen molar-refractivity contribution < 1.29 is 9.53 Å². The monoisotopic (exact) mass is 185 g/mol. The van der Waals surface area contributed by atoms with Crippen molar-refractivity contribution in [2.45, 2.75) is 39.2 Å². The number of ether oxygens (including phenoxy) is 1. The molecule has 0 radical (unpaired) electrons. The summed E-state index contributed by atoms with van der Waals surface area (Å²) in [4.78, 5) is 11.2. The number of carbonyl (C=O) groups is 1. The minimum Gasteiger partial charge on any atom is -0.372 e. The topological polar surface area (TPSA) is 38.3 Å². The van der Waals surface area contributed by atoms with Crippen molar-refractivity contribution in [3.8, 4) is 0 Å². The normalized spacial score (nSPS) is 27.5. The number of carbonyl (C=O) groups excluding carboxylic acids is 1. The fraction of sp³-hybridized carbons (Fsp3) is 0.900. The molecule has 2 unspecified atom stereocenters. The summed E-state index contributed by atoms with van der Waals surface area (Å²) in [5.41, 5.74) is 0. The average molecular weight is 185 g/mol. The maximum absolute atomic E-state index is 11.2. The van der Waals surface area contributed by atoms with E-state index in [1.54, 1.807) is 0 Å². The molecule has 1 aliphatic carbocycles. The van der Waals surface area contributed by atoms with Gasteiger partial charge in [-0.15, -0.1) is 0 Å². The second kappa shape index (κ2) is 5.22. The summed E-state index contributed by atoms with van der Waals surface area (Å²) in [5, 5.41) is 2.98. The number of hydrogen-bond donors (Lipinski definition) is 1. The molecule has 1 aliphatic rings. The molecular formula is C10H19NO2. The van der Waals surface area contributed by atoms with E-state index in [1.165, 1.54) is 6.42 Å². The molecule has 3 nitrogen and oxygen atoms in total. The van der Waals surface area contributed by atoms with Gasteiger partial charge in [0, 0.05) is 12.6 Å². The minimum absolute atomic E-state index is 0.0287. The summed E-state index contributed by atoms with van der Waals surface area (Å²) in [5.74, 6) is 0.790. The van der Waals surface area contributed by atoms with Gasteiger partial charge in [-0.25, -0.2) is 0 Å². The van der Waals surface area contributed by atoms with Gasteiger partial charge in [0.1, 0.15) is 6.61 Å². The van der Waals surface area contributed by atoms with E-state index in [4.69, 9.17) is 4.74 Å². The molecule has 0 bridgehead atoms. The van der Waals surface area contributed by atoms with Gasteiger partial charge in [0.2, 0.25) is 5.91 Å². The van der Waals surface area contributed by atoms with E-state index in [0.29, 0.717) is 12.6 Å². The number of amides is 1. The van der Waals surface area contributed by atoms with Crippen LogP contribution in [0.1, 0.15) is 33.1 Å². The largest absolute Gasteiger partial charge is 0.372 e. The summed E-state index contributed by atoms with van der Waals surface area (Å²) in [6, 6.07) is 0.392. The maximum atomic E-state index is 11.2. The third-order valence-corrected chi connectivity index (χ3v) is 2.50. The van der Waals surface area contributed by atoms with Crippen molar-refractivity contribution in [2.24, 2.45) is 5.92 Å². The fourth-order valence-electron chi connectivity index (χ4n) is 1.80. The van der Waals surface area contributed by atoms with Crippen molar-refractivity contribution >= 4 is 5.91 Å². The molecule has 1 amide bonds. The molecule has 1 fully saturated rings. The lowest BCUT2D eigenvalue weighted by atomic mass is 10.1. The smallest absolute Gasteiger partial charge is 0.246 e. The standard InChI is InChI=1S/C10H19NO2/c1-3-13-7-10(12)11-9-5-4-8(2)6-9/h8-9H,3-7H2,1-2H3,(H,11,12). The molecule has 13 heavy (non-hydrogen) atoms. The highest BCUT2D eigenvalue weighted by molar-refractivity contribution is 5.77. The van der Waals surface area contributed by atoms with Crippen LogP contribution >= 0.6 is 0 Å². The molecule has 1 rings (SSSR count). The first-order valence-corrected chi connectivity index (χ1v) is 5.09. The van der Waals surface area contributed by atoms with Crippen molar-refractivity contribution in [1.29, 1.82) is 0 Å². The first-order valence-electron chi connectivity index (χ1n) is 5.09. The first-order chi connectivity index (χ1) is 6.22. The SMILES string of the molecule is CCOCC(=O)NC1CCC(C)C1. The highest BCUT2D eigenvalue weighted by atomic mass is 16.5. The van der Waals surface area contributed by atoms with Crippen LogP contribution in [0.2, 0.25) is 0 Å². The second-order valence-electron chi connectivity index (χ2n) is 3.82. The molecule has 0 aromatic heterocycles. The van der Waals surface area contributed by atoms with Crippen molar-refractivity contribution in [2.75, 3.05) is 13.2 Å². The Labute approximate surface area is 79.8 Å². The van der Waals surface area contributed by atoms with Gasteiger partial charge in [-0.1, -0.05) is 6.92 Å². The molecule has 0 heterocycles. The van der Waals surface area contributed by atoms with Crippen LogP contribution in [-0.4, -0.2) is 25.2 Å². The molecular weight excluding hydrogens is 166 g/mol. The van der Waals surface area contributed by atoms with Crippen molar-refractivity contribution in [1.82, 2.24) is 5.32 Å². The van der Waals surface area contributed by atoms with E-state index in [9.17, 15) is 4.79 Å². The zero-order valence-electron chi connectivity index (χ0n) is 8.51. The Morgan fingerprint density at radius 1 is 1.54 bits per heavy atom. The molecule has 76 valence electrons. The van der Waals surface area contributed by atoms with Crippen LogP contribution in [0.15, 0.2) is 0 Å². The van der Waals surface area contributed by atoms with Crippen LogP contribution in [0.3, 0.4) is 0 Å². The van der Waals surface area contributed by atoms with Crippen LogP contribution in [0.25, 0.3) is 0 Å². The molecule has 1 N–H and O–H groups in total. The molecule has 0 spiro atoms. The number of hydrogen-bond acceptors (Lipinski definition) is 2. The average Bonchev–Trinajstić information content (AvgIpc) is 2.48. The highest BCUT2D eigenvalue weighted by Crippen LogP contribution is 2.24. The van der Waals surface area contributed by atoms with Gasteiger partial charge < -0.3 is 10.1 Å². The summed E-state index contributed by atoms with van der Waals surface area (Å²) < 4.78 is 5.02. The lowest BCUT2D eigenvalue weighted by Gasteiger charge is -2.11. The summed E-state index contributed by atoms with van der Waals surface area (Å²) in [7, 11) is 0. The van der Waals surface area contributed by atoms with Crippen LogP contribution in [0.5, 0.6) is 0 Å². The van der Waals surface area contributed by atoms with Crippen LogP contribution < -0.4 is 5.32 Å². The van der Waals surface area contributed by atoms with Gasteiger partial charge in [-0.2, -0.15) is 0 Å². The first kappa shape index (κ1) is 10.5. The van der Waals surface area contributed by atoms with Gasteiger partial charge in [-0.05, 0) is 32.1 Å². The van der Waals surface area contributed by atoms with Gasteiger partial charge in [-0.3, -0.25) is 4.79 Å². The third kappa shape index (κ3) is 3.77. The Kier molecular flexibility index (Phi) is 4.22. The molecule has 0 aromatic rings. The molecule has 0 aliphatic heterocycles. The van der Waals surface area contributed by atoms with E-state index in [0.717, 1.165) is 18.8 Å². The van der Waals surface area contributed by atoms with E-state index >= 15 is 0 Å². The lowest BCUT2D eigenvalue weighted by molar-refractivity contribution is -0.126. The van der Waals surface area contributed by atoms with E-state index < -0.39 is 0 Å². The van der Waals surface area contributed by atoms with Crippen molar-refractivity contribution in [3.05, 3.63) is 0 Å². The lowest BCUT2D eigenvalue weighted by Crippen LogP contribution is -2.35. The summed E-state index contributed by atoms with van der Waals surface area (Å²) in [6.07, 6.45) is 3.48. The van der Waals surface area contributed by atoms with E-state index in [2.05, 4.69) is 12.2 Å². The maximum Gasteiger partial charge on any atom is 0.246 e. The Hall–Kier alpha value is -0.570. The van der Waals surface area contributed by atoms with Gasteiger partial charge in [0.05, 0.1) is 0 Å². The Morgan fingerprint density at radius 2 is 2.31 bits per heavy atom. The number of nitrogens with one attached hydrogen (secondary N) is 1. The third-order valence-electron chi connectivity index (χ3n) is 2.50. The quantitative estimate of drug-likeness (QED) is 0.717. The number of rotatable bonds is 4. The molecule has 0 aromatic carbocycles. The van der Waals surface area contributed by atoms with Crippen LogP contribution in [0.4, 0.5) is 0 Å². The zero-order valence-corrected chi connectivity index (χ0v) is 8.51. The fourth-order valence-corrected chi connectivity index (χ4v) is 1.80. The molecule has 3 heteroatoms. The van der Waals surface area contributed by atoms with Crippen LogP contribution in [0, 0.1) is 5.92 Å². The predicted octanol–water partition coefficient (Wildman–Crippen LogP) is 1.33. The Morgan fingerprint density at radius 3 is 2.85 bits per heavy atom. The molecule has 2 atom stereocenters. The predicted molar refractivity (Wildman–Crippen MR) is 51.4 cm³/mol. The zero-order chi connectivity index (χ0) is 9.68. The van der Waals surface area contributed by atoms with Gasteiger partial charge in [0.15, 0.2) is 0 Å². The van der Waals surface area contributed by atoms with E-state index in [-0.39, 0.29) is 12.5 Å². The Bertz CT molecular complexity index is 170. The van der Waals surface area contributed by atoms with Crippen molar-refractivity contribution in [3.63, 3.8) is 0 Å². The summed E-state index contributed by atoms with van der Waals surface area (Å²) in [6.45, 7) is 4.94. The van der Waals surface area contributed by atoms with E-state index in [1.807, 2.05) is 6.92 Å². The Balaban J connectivity index is 2.13. The summed E-state index contributed by atoms with van der Waals surface area (Å²) >= 11 is 0. The molecule has 0 saturated heterocycles. The van der Waals surface area contributed by atoms with Gasteiger partial charge >= 0.3 is 0 Å².